The minimum atomic E-state index is 0.650. The first kappa shape index (κ1) is 10.8. The normalized spacial score (nSPS) is 54.2. The average Bonchev–Trinajstić information content (AvgIpc) is 2.89. The van der Waals surface area contributed by atoms with E-state index in [9.17, 15) is 0 Å². The lowest BCUT2D eigenvalue weighted by Crippen LogP contribution is -2.58. The smallest absolute Gasteiger partial charge is 0.0266 e. The van der Waals surface area contributed by atoms with E-state index >= 15 is 0 Å². The van der Waals surface area contributed by atoms with Crippen molar-refractivity contribution in [2.75, 3.05) is 13.6 Å². The van der Waals surface area contributed by atoms with Crippen LogP contribution in [-0.4, -0.2) is 24.0 Å². The van der Waals surface area contributed by atoms with Gasteiger partial charge in [-0.15, -0.1) is 0 Å². The first-order valence-corrected chi connectivity index (χ1v) is 7.97. The second kappa shape index (κ2) is 3.50. The van der Waals surface area contributed by atoms with Crippen molar-refractivity contribution in [3.05, 3.63) is 0 Å². The highest BCUT2D eigenvalue weighted by Crippen LogP contribution is 2.65. The van der Waals surface area contributed by atoms with Crippen LogP contribution in [0.2, 0.25) is 0 Å². The summed E-state index contributed by atoms with van der Waals surface area (Å²) in [4.78, 5) is 2.79. The largest absolute Gasteiger partial charge is 0.300 e. The van der Waals surface area contributed by atoms with Gasteiger partial charge in [0.15, 0.2) is 0 Å². The van der Waals surface area contributed by atoms with E-state index in [-0.39, 0.29) is 0 Å². The van der Waals surface area contributed by atoms with Crippen molar-refractivity contribution in [3.63, 3.8) is 0 Å². The molecule has 0 bridgehead atoms. The first-order chi connectivity index (χ1) is 8.26. The van der Waals surface area contributed by atoms with Crippen molar-refractivity contribution >= 4 is 0 Å². The third-order valence-electron chi connectivity index (χ3n) is 7.21. The molecule has 4 aliphatic rings. The van der Waals surface area contributed by atoms with E-state index in [1.54, 1.807) is 32.1 Å². The maximum absolute atomic E-state index is 2.79. The molecule has 0 N–H and O–H groups in total. The van der Waals surface area contributed by atoms with Crippen molar-refractivity contribution < 1.29 is 0 Å². The molecule has 0 aromatic heterocycles. The molecule has 3 saturated carbocycles. The molecule has 1 heterocycles. The minimum Gasteiger partial charge on any atom is -0.300 e. The zero-order valence-electron chi connectivity index (χ0n) is 11.4. The Kier molecular flexibility index (Phi) is 2.23. The van der Waals surface area contributed by atoms with Crippen LogP contribution in [0.15, 0.2) is 0 Å². The second-order valence-corrected chi connectivity index (χ2v) is 7.55. The maximum Gasteiger partial charge on any atom is 0.0266 e. The van der Waals surface area contributed by atoms with Crippen molar-refractivity contribution in [3.8, 4) is 0 Å². The molecule has 1 saturated heterocycles. The molecule has 0 amide bonds. The predicted molar refractivity (Wildman–Crippen MR) is 70.9 cm³/mol. The highest BCUT2D eigenvalue weighted by molar-refractivity contribution is 5.16. The topological polar surface area (TPSA) is 3.24 Å². The standard InChI is InChI=1S/C16H27N/c1-17-10-9-15-7-2-3-8-16(15,17)12-14-6-4-5-13(14)11-15/h13-14H,2-12H2,1H3. The Bertz CT molecular complexity index is 321. The number of hydrogen-bond acceptors (Lipinski definition) is 1. The summed E-state index contributed by atoms with van der Waals surface area (Å²) >= 11 is 0. The third kappa shape index (κ3) is 1.25. The Labute approximate surface area is 106 Å². The Hall–Kier alpha value is -0.0400. The number of fused-ring (bicyclic) bond motifs is 1. The lowest BCUT2D eigenvalue weighted by atomic mass is 9.51. The Morgan fingerprint density at radius 3 is 2.53 bits per heavy atom. The fraction of sp³-hybridized carbons (Fsp3) is 1.00. The van der Waals surface area contributed by atoms with E-state index in [2.05, 4.69) is 11.9 Å². The van der Waals surface area contributed by atoms with Gasteiger partial charge in [-0.2, -0.15) is 0 Å². The average molecular weight is 233 g/mol. The lowest BCUT2D eigenvalue weighted by Gasteiger charge is -2.58. The molecule has 1 heteroatoms. The van der Waals surface area contributed by atoms with Crippen molar-refractivity contribution in [2.24, 2.45) is 17.3 Å². The van der Waals surface area contributed by atoms with Crippen LogP contribution in [0.1, 0.15) is 64.2 Å². The van der Waals surface area contributed by atoms with Gasteiger partial charge < -0.3 is 4.90 Å². The molecule has 3 aliphatic carbocycles. The van der Waals surface area contributed by atoms with Gasteiger partial charge >= 0.3 is 0 Å². The molecule has 4 unspecified atom stereocenters. The molecule has 0 spiro atoms. The van der Waals surface area contributed by atoms with Gasteiger partial charge in [0.05, 0.1) is 0 Å². The highest BCUT2D eigenvalue weighted by Gasteiger charge is 2.62. The summed E-state index contributed by atoms with van der Waals surface area (Å²) < 4.78 is 0. The first-order valence-electron chi connectivity index (χ1n) is 7.97. The van der Waals surface area contributed by atoms with Gasteiger partial charge in [0, 0.05) is 5.54 Å². The van der Waals surface area contributed by atoms with Crippen molar-refractivity contribution in [2.45, 2.75) is 69.7 Å². The Morgan fingerprint density at radius 1 is 0.882 bits per heavy atom. The maximum atomic E-state index is 2.79. The Balaban J connectivity index is 1.75. The SMILES string of the molecule is CN1CCC23CCCCC12CC1CCCC1C3. The van der Waals surface area contributed by atoms with E-state index in [0.29, 0.717) is 5.54 Å². The summed E-state index contributed by atoms with van der Waals surface area (Å²) in [5.41, 5.74) is 1.41. The summed E-state index contributed by atoms with van der Waals surface area (Å²) in [7, 11) is 2.43. The van der Waals surface area contributed by atoms with Crippen LogP contribution in [-0.2, 0) is 0 Å². The molecule has 96 valence electrons. The molecule has 1 aliphatic heterocycles. The number of nitrogens with zero attached hydrogens (tertiary/aromatic N) is 1. The molecule has 0 radical (unpaired) electrons. The molecule has 0 aromatic carbocycles. The number of likely N-dealkylation sites (tertiary alicyclic amines) is 1. The molecule has 4 atom stereocenters. The quantitative estimate of drug-likeness (QED) is 0.614. The van der Waals surface area contributed by atoms with E-state index in [0.717, 1.165) is 17.3 Å². The minimum absolute atomic E-state index is 0.650. The van der Waals surface area contributed by atoms with E-state index < -0.39 is 0 Å². The van der Waals surface area contributed by atoms with Gasteiger partial charge in [0.1, 0.15) is 0 Å². The van der Waals surface area contributed by atoms with Gasteiger partial charge in [0.25, 0.3) is 0 Å². The summed E-state index contributed by atoms with van der Waals surface area (Å²) in [5, 5.41) is 0. The van der Waals surface area contributed by atoms with Gasteiger partial charge in [-0.1, -0.05) is 32.1 Å². The van der Waals surface area contributed by atoms with Crippen LogP contribution < -0.4 is 0 Å². The second-order valence-electron chi connectivity index (χ2n) is 7.55. The van der Waals surface area contributed by atoms with Gasteiger partial charge in [-0.25, -0.2) is 0 Å². The summed E-state index contributed by atoms with van der Waals surface area (Å²) in [6.07, 6.45) is 15.4. The summed E-state index contributed by atoms with van der Waals surface area (Å²) in [5.74, 6) is 2.22. The zero-order valence-corrected chi connectivity index (χ0v) is 11.4. The van der Waals surface area contributed by atoms with E-state index in [4.69, 9.17) is 0 Å². The molecule has 0 aromatic rings. The van der Waals surface area contributed by atoms with Crippen molar-refractivity contribution in [1.82, 2.24) is 4.90 Å². The lowest BCUT2D eigenvalue weighted by molar-refractivity contribution is -0.0670. The highest BCUT2D eigenvalue weighted by atomic mass is 15.2. The molecule has 1 nitrogen and oxygen atoms in total. The molecule has 4 rings (SSSR count). The van der Waals surface area contributed by atoms with Crippen LogP contribution in [0.25, 0.3) is 0 Å². The molecular formula is C16H27N. The summed E-state index contributed by atoms with van der Waals surface area (Å²) in [6.45, 7) is 1.39. The van der Waals surface area contributed by atoms with Gasteiger partial charge in [0.2, 0.25) is 0 Å². The Morgan fingerprint density at radius 2 is 1.65 bits per heavy atom. The fourth-order valence-corrected chi connectivity index (χ4v) is 6.38. The molecule has 4 fully saturated rings. The molecule has 17 heavy (non-hydrogen) atoms. The van der Waals surface area contributed by atoms with Crippen LogP contribution in [0.5, 0.6) is 0 Å². The summed E-state index contributed by atoms with van der Waals surface area (Å²) in [6, 6.07) is 0. The van der Waals surface area contributed by atoms with Crippen LogP contribution in [0, 0.1) is 17.3 Å². The van der Waals surface area contributed by atoms with E-state index in [1.807, 2.05) is 0 Å². The van der Waals surface area contributed by atoms with Gasteiger partial charge in [-0.05, 0) is 62.9 Å². The monoisotopic (exact) mass is 233 g/mol. The van der Waals surface area contributed by atoms with Gasteiger partial charge in [-0.3, -0.25) is 0 Å². The number of hydrogen-bond donors (Lipinski definition) is 0. The van der Waals surface area contributed by atoms with Crippen molar-refractivity contribution in [1.29, 1.82) is 0 Å². The fourth-order valence-electron chi connectivity index (χ4n) is 6.38. The van der Waals surface area contributed by atoms with Crippen LogP contribution in [0.4, 0.5) is 0 Å². The van der Waals surface area contributed by atoms with Crippen LogP contribution in [0.3, 0.4) is 0 Å². The third-order valence-corrected chi connectivity index (χ3v) is 7.21. The number of rotatable bonds is 0. The zero-order chi connectivity index (χ0) is 11.5. The molecular weight excluding hydrogens is 206 g/mol. The van der Waals surface area contributed by atoms with E-state index in [1.165, 1.54) is 38.6 Å². The van der Waals surface area contributed by atoms with Crippen LogP contribution >= 0.6 is 0 Å². The predicted octanol–water partition coefficient (Wildman–Crippen LogP) is 3.83.